The van der Waals surface area contributed by atoms with E-state index >= 15 is 0 Å². The van der Waals surface area contributed by atoms with Gasteiger partial charge in [-0.05, 0) is 55.6 Å². The molecule has 2 aromatic rings. The van der Waals surface area contributed by atoms with Crippen molar-refractivity contribution < 1.29 is 14.3 Å². The lowest BCUT2D eigenvalue weighted by Crippen LogP contribution is -2.21. The summed E-state index contributed by atoms with van der Waals surface area (Å²) in [6, 6.07) is 10.1. The number of aromatic amines is 1. The van der Waals surface area contributed by atoms with Crippen LogP contribution in [0.1, 0.15) is 76.2 Å². The van der Waals surface area contributed by atoms with Crippen LogP contribution >= 0.6 is 0 Å². The first-order valence-electron chi connectivity index (χ1n) is 9.55. The Kier molecular flexibility index (Phi) is 4.43. The Morgan fingerprint density at radius 2 is 1.92 bits per heavy atom. The fourth-order valence-corrected chi connectivity index (χ4v) is 4.48. The van der Waals surface area contributed by atoms with Crippen LogP contribution in [0, 0.1) is 12.8 Å². The number of ether oxygens (including phenoxy) is 1. The number of carbonyl (C=O) groups excluding carboxylic acids is 2. The summed E-state index contributed by atoms with van der Waals surface area (Å²) in [5.74, 6) is 0.364. The van der Waals surface area contributed by atoms with Gasteiger partial charge in [0.2, 0.25) is 0 Å². The van der Waals surface area contributed by atoms with Gasteiger partial charge in [0.05, 0.1) is 0 Å². The van der Waals surface area contributed by atoms with E-state index in [0.717, 1.165) is 36.9 Å². The second-order valence-electron chi connectivity index (χ2n) is 7.77. The third-order valence-electron chi connectivity index (χ3n) is 6.01. The molecule has 0 saturated heterocycles. The van der Waals surface area contributed by atoms with Crippen LogP contribution in [0.4, 0.5) is 0 Å². The average Bonchev–Trinajstić information content (AvgIpc) is 3.19. The van der Waals surface area contributed by atoms with Crippen LogP contribution in [-0.2, 0) is 11.2 Å². The third kappa shape index (κ3) is 2.98. The fraction of sp³-hybridized carbons (Fsp3) is 0.455. The van der Waals surface area contributed by atoms with Crippen molar-refractivity contribution in [3.63, 3.8) is 0 Å². The van der Waals surface area contributed by atoms with E-state index < -0.39 is 0 Å². The molecule has 2 aliphatic carbocycles. The maximum absolute atomic E-state index is 12.8. The van der Waals surface area contributed by atoms with Crippen molar-refractivity contribution in [2.24, 2.45) is 5.92 Å². The quantitative estimate of drug-likeness (QED) is 0.823. The highest BCUT2D eigenvalue weighted by atomic mass is 16.5. The zero-order valence-corrected chi connectivity index (χ0v) is 15.4. The Labute approximate surface area is 154 Å². The van der Waals surface area contributed by atoms with Gasteiger partial charge in [0.15, 0.2) is 5.78 Å². The summed E-state index contributed by atoms with van der Waals surface area (Å²) in [4.78, 5) is 28.7. The van der Waals surface area contributed by atoms with Crippen molar-refractivity contribution in [1.82, 2.24) is 4.98 Å². The van der Waals surface area contributed by atoms with E-state index in [4.69, 9.17) is 4.74 Å². The van der Waals surface area contributed by atoms with Crippen molar-refractivity contribution in [1.29, 1.82) is 0 Å². The van der Waals surface area contributed by atoms with Crippen LogP contribution in [0.25, 0.3) is 0 Å². The molecular formula is C22H25NO3. The van der Waals surface area contributed by atoms with Crippen LogP contribution in [0.3, 0.4) is 0 Å². The maximum Gasteiger partial charge on any atom is 0.355 e. The maximum atomic E-state index is 12.8. The molecule has 1 N–H and O–H groups in total. The van der Waals surface area contributed by atoms with E-state index in [9.17, 15) is 9.59 Å². The molecule has 1 fully saturated rings. The summed E-state index contributed by atoms with van der Waals surface area (Å²) in [5.41, 5.74) is 3.94. The van der Waals surface area contributed by atoms with Crippen molar-refractivity contribution in [2.45, 2.75) is 58.0 Å². The van der Waals surface area contributed by atoms with Gasteiger partial charge in [-0.15, -0.1) is 0 Å². The molecule has 2 aliphatic rings. The number of benzene rings is 1. The van der Waals surface area contributed by atoms with Crippen molar-refractivity contribution in [3.05, 3.63) is 58.4 Å². The Balaban J connectivity index is 1.59. The zero-order chi connectivity index (χ0) is 18.3. The van der Waals surface area contributed by atoms with Gasteiger partial charge in [-0.3, -0.25) is 4.79 Å². The van der Waals surface area contributed by atoms with E-state index in [0.29, 0.717) is 23.6 Å². The summed E-state index contributed by atoms with van der Waals surface area (Å²) in [5, 5.41) is 0. The summed E-state index contributed by atoms with van der Waals surface area (Å²) in [6.45, 7) is 3.98. The molecule has 4 nitrogen and oxygen atoms in total. The number of carbonyl (C=O) groups is 2. The second kappa shape index (κ2) is 6.75. The van der Waals surface area contributed by atoms with Crippen LogP contribution in [-0.4, -0.2) is 22.8 Å². The monoisotopic (exact) mass is 351 g/mol. The molecule has 0 radical (unpaired) electrons. The predicted molar refractivity (Wildman–Crippen MR) is 99.6 cm³/mol. The van der Waals surface area contributed by atoms with E-state index in [2.05, 4.69) is 24.0 Å². The molecular weight excluding hydrogens is 326 g/mol. The van der Waals surface area contributed by atoms with Gasteiger partial charge in [0.1, 0.15) is 11.8 Å². The Hall–Kier alpha value is -2.36. The summed E-state index contributed by atoms with van der Waals surface area (Å²) in [6.07, 6.45) is 4.38. The van der Waals surface area contributed by atoms with E-state index in [1.54, 1.807) is 0 Å². The molecule has 0 aliphatic heterocycles. The van der Waals surface area contributed by atoms with Gasteiger partial charge < -0.3 is 9.72 Å². The number of rotatable bonds is 3. The molecule has 26 heavy (non-hydrogen) atoms. The fourth-order valence-electron chi connectivity index (χ4n) is 4.48. The van der Waals surface area contributed by atoms with Crippen LogP contribution < -0.4 is 0 Å². The van der Waals surface area contributed by atoms with Gasteiger partial charge in [-0.2, -0.15) is 0 Å². The highest BCUT2D eigenvalue weighted by molar-refractivity contribution is 6.03. The topological polar surface area (TPSA) is 59.2 Å². The molecule has 136 valence electrons. The normalized spacial score (nSPS) is 25.2. The van der Waals surface area contributed by atoms with Gasteiger partial charge in [0.25, 0.3) is 0 Å². The first kappa shape index (κ1) is 17.1. The summed E-state index contributed by atoms with van der Waals surface area (Å²) < 4.78 is 5.73. The Morgan fingerprint density at radius 1 is 1.15 bits per heavy atom. The first-order valence-corrected chi connectivity index (χ1v) is 9.55. The highest BCUT2D eigenvalue weighted by Gasteiger charge is 2.34. The number of Topliss-reactive ketones (excluding diaryl/α,β-unsaturated/α-hetero) is 1. The minimum Gasteiger partial charge on any atom is -0.457 e. The zero-order valence-electron chi connectivity index (χ0n) is 15.4. The van der Waals surface area contributed by atoms with E-state index in [-0.39, 0.29) is 23.8 Å². The lowest BCUT2D eigenvalue weighted by molar-refractivity contribution is 0.0219. The largest absolute Gasteiger partial charge is 0.457 e. The number of H-pyrrole nitrogens is 1. The van der Waals surface area contributed by atoms with E-state index in [1.165, 1.54) is 5.56 Å². The summed E-state index contributed by atoms with van der Waals surface area (Å²) in [7, 11) is 0. The Bertz CT molecular complexity index is 837. The summed E-state index contributed by atoms with van der Waals surface area (Å²) >= 11 is 0. The molecule has 0 spiro atoms. The first-order chi connectivity index (χ1) is 12.5. The lowest BCUT2D eigenvalue weighted by atomic mass is 9.81. The molecule has 0 bridgehead atoms. The number of hydrogen-bond donors (Lipinski definition) is 1. The number of aromatic nitrogens is 1. The molecule has 3 atom stereocenters. The average molecular weight is 351 g/mol. The molecule has 0 unspecified atom stereocenters. The molecule has 4 heteroatoms. The van der Waals surface area contributed by atoms with Gasteiger partial charge in [0, 0.05) is 17.7 Å². The van der Waals surface area contributed by atoms with Crippen molar-refractivity contribution in [3.8, 4) is 0 Å². The van der Waals surface area contributed by atoms with Crippen LogP contribution in [0.5, 0.6) is 0 Å². The van der Waals surface area contributed by atoms with Gasteiger partial charge in [-0.1, -0.05) is 37.3 Å². The minimum atomic E-state index is -0.320. The molecule has 0 amide bonds. The second-order valence-corrected chi connectivity index (χ2v) is 7.77. The number of nitrogens with one attached hydrogen (secondary N) is 1. The van der Waals surface area contributed by atoms with E-state index in [1.807, 2.05) is 25.1 Å². The smallest absolute Gasteiger partial charge is 0.355 e. The standard InChI is InChI=1S/C22H25NO3/c1-13-7-6-10-19(13)26-22(25)21-14(2)20-17(23-21)11-16(12-18(20)24)15-8-4-3-5-9-15/h3-5,8-9,13,16,19,23H,6-7,10-12H2,1-2H3/t13-,16-,19-/m1/s1. The predicted octanol–water partition coefficient (Wildman–Crippen LogP) is 4.58. The highest BCUT2D eigenvalue weighted by Crippen LogP contribution is 2.35. The Morgan fingerprint density at radius 3 is 2.62 bits per heavy atom. The lowest BCUT2D eigenvalue weighted by Gasteiger charge is -2.22. The van der Waals surface area contributed by atoms with Gasteiger partial charge >= 0.3 is 5.97 Å². The number of hydrogen-bond acceptors (Lipinski definition) is 3. The number of fused-ring (bicyclic) bond motifs is 1. The van der Waals surface area contributed by atoms with Crippen molar-refractivity contribution >= 4 is 11.8 Å². The molecule has 1 aromatic heterocycles. The van der Waals surface area contributed by atoms with Crippen LogP contribution in [0.15, 0.2) is 30.3 Å². The SMILES string of the molecule is Cc1c(C(=O)O[C@@H]2CCC[C@H]2C)[nH]c2c1C(=O)C[C@H](c1ccccc1)C2. The molecule has 4 rings (SSSR count). The molecule has 1 aromatic carbocycles. The number of ketones is 1. The van der Waals surface area contributed by atoms with Crippen LogP contribution in [0.2, 0.25) is 0 Å². The molecule has 1 saturated carbocycles. The minimum absolute atomic E-state index is 0.00463. The third-order valence-corrected chi connectivity index (χ3v) is 6.01. The number of esters is 1. The van der Waals surface area contributed by atoms with Crippen molar-refractivity contribution in [2.75, 3.05) is 0 Å². The van der Waals surface area contributed by atoms with Gasteiger partial charge in [-0.25, -0.2) is 4.79 Å². The molecule has 1 heterocycles.